The van der Waals surface area contributed by atoms with E-state index in [9.17, 15) is 13.2 Å². The van der Waals surface area contributed by atoms with Gasteiger partial charge in [0.2, 0.25) is 10.0 Å². The van der Waals surface area contributed by atoms with E-state index >= 15 is 0 Å². The predicted molar refractivity (Wildman–Crippen MR) is 102 cm³/mol. The predicted octanol–water partition coefficient (Wildman–Crippen LogP) is 0.651. The van der Waals surface area contributed by atoms with E-state index in [0.29, 0.717) is 29.8 Å². The van der Waals surface area contributed by atoms with E-state index in [1.807, 2.05) is 18.7 Å². The number of aryl methyl sites for hydroxylation is 1. The number of rotatable bonds is 6. The molecule has 26 heavy (non-hydrogen) atoms. The van der Waals surface area contributed by atoms with Crippen LogP contribution in [-0.2, 0) is 19.6 Å². The van der Waals surface area contributed by atoms with Gasteiger partial charge in [0.15, 0.2) is 5.96 Å². The number of carbonyl (C=O) groups excluding carboxylic acids is 1. The lowest BCUT2D eigenvalue weighted by Crippen LogP contribution is -2.43. The quantitative estimate of drug-likeness (QED) is 0.314. The summed E-state index contributed by atoms with van der Waals surface area (Å²) in [7, 11) is -0.423. The average Bonchev–Trinajstić information content (AvgIpc) is 3.20. The molecule has 0 saturated carbocycles. The summed E-state index contributed by atoms with van der Waals surface area (Å²) in [6.07, 6.45) is 0. The Morgan fingerprint density at radius 1 is 1.38 bits per heavy atom. The molecule has 0 spiro atoms. The van der Waals surface area contributed by atoms with Gasteiger partial charge in [-0.05, 0) is 25.0 Å². The smallest absolute Gasteiger partial charge is 0.310 e. The summed E-state index contributed by atoms with van der Waals surface area (Å²) in [5.41, 5.74) is 0. The Balaban J connectivity index is 1.84. The first-order valence-corrected chi connectivity index (χ1v) is 10.7. The number of nitrogens with zero attached hydrogens (tertiary/aromatic N) is 2. The molecule has 0 aliphatic carbocycles. The Kier molecular flexibility index (Phi) is 7.01. The lowest BCUT2D eigenvalue weighted by Gasteiger charge is -2.21. The topological polar surface area (TPSA) is 100 Å². The van der Waals surface area contributed by atoms with Gasteiger partial charge in [0.25, 0.3) is 0 Å². The molecule has 1 aliphatic rings. The third-order valence-corrected chi connectivity index (χ3v) is 7.26. The van der Waals surface area contributed by atoms with Gasteiger partial charge in [-0.2, -0.15) is 0 Å². The number of carbonyl (C=O) groups is 1. The van der Waals surface area contributed by atoms with Crippen molar-refractivity contribution in [3.05, 3.63) is 17.0 Å². The second-order valence-electron chi connectivity index (χ2n) is 6.25. The number of aliphatic imine (C=N–C) groups is 1. The van der Waals surface area contributed by atoms with Crippen LogP contribution < -0.4 is 10.0 Å². The number of thiophene rings is 1. The molecular formula is C16H26N4O4S2. The Morgan fingerprint density at radius 2 is 2.12 bits per heavy atom. The van der Waals surface area contributed by atoms with E-state index in [1.165, 1.54) is 18.4 Å². The fraction of sp³-hybridized carbons (Fsp3) is 0.625. The zero-order valence-corrected chi connectivity index (χ0v) is 17.1. The second kappa shape index (κ2) is 8.83. The van der Waals surface area contributed by atoms with Crippen LogP contribution in [0.2, 0.25) is 0 Å². The van der Waals surface area contributed by atoms with Crippen molar-refractivity contribution >= 4 is 33.3 Å². The molecule has 0 bridgehead atoms. The zero-order valence-electron chi connectivity index (χ0n) is 15.5. The van der Waals surface area contributed by atoms with Crippen molar-refractivity contribution in [1.29, 1.82) is 0 Å². The van der Waals surface area contributed by atoms with Gasteiger partial charge in [-0.3, -0.25) is 9.79 Å². The molecule has 2 atom stereocenters. The molecule has 1 fully saturated rings. The summed E-state index contributed by atoms with van der Waals surface area (Å²) in [6.45, 7) is 5.74. The normalized spacial score (nSPS) is 21.1. The maximum absolute atomic E-state index is 12.2. The van der Waals surface area contributed by atoms with Gasteiger partial charge in [-0.15, -0.1) is 11.3 Å². The van der Waals surface area contributed by atoms with Crippen LogP contribution in [0.5, 0.6) is 0 Å². The Morgan fingerprint density at radius 3 is 2.69 bits per heavy atom. The number of methoxy groups -OCH3 is 1. The molecule has 10 heteroatoms. The third kappa shape index (κ3) is 4.95. The van der Waals surface area contributed by atoms with Crippen molar-refractivity contribution in [1.82, 2.24) is 14.9 Å². The standard InChI is InChI=1S/C16H26N4O4S2/c1-11-9-20(10-13(11)15(21)24-4)16(17-3)18-7-8-19-26(22,23)14-6-5-12(2)25-14/h5-6,11,13,19H,7-10H2,1-4H3,(H,17,18). The number of nitrogens with one attached hydrogen (secondary N) is 2. The third-order valence-electron chi connectivity index (χ3n) is 4.31. The molecule has 2 heterocycles. The number of hydrogen-bond acceptors (Lipinski definition) is 6. The fourth-order valence-corrected chi connectivity index (χ4v) is 5.28. The maximum Gasteiger partial charge on any atom is 0.310 e. The zero-order chi connectivity index (χ0) is 19.3. The lowest BCUT2D eigenvalue weighted by atomic mass is 9.99. The number of likely N-dealkylation sites (tertiary alicyclic amines) is 1. The van der Waals surface area contributed by atoms with Gasteiger partial charge in [0.05, 0.1) is 13.0 Å². The second-order valence-corrected chi connectivity index (χ2v) is 9.53. The molecule has 1 aromatic heterocycles. The molecular weight excluding hydrogens is 376 g/mol. The van der Waals surface area contributed by atoms with Crippen LogP contribution >= 0.6 is 11.3 Å². The van der Waals surface area contributed by atoms with Crippen LogP contribution in [0.4, 0.5) is 0 Å². The highest BCUT2D eigenvalue weighted by Crippen LogP contribution is 2.24. The number of sulfonamides is 1. The van der Waals surface area contributed by atoms with Crippen molar-refractivity contribution in [3.63, 3.8) is 0 Å². The van der Waals surface area contributed by atoms with Crippen molar-refractivity contribution in [2.24, 2.45) is 16.8 Å². The molecule has 0 radical (unpaired) electrons. The molecule has 8 nitrogen and oxygen atoms in total. The van der Waals surface area contributed by atoms with Gasteiger partial charge in [0, 0.05) is 38.1 Å². The van der Waals surface area contributed by atoms with Gasteiger partial charge in [-0.25, -0.2) is 13.1 Å². The van der Waals surface area contributed by atoms with Gasteiger partial charge < -0.3 is 15.0 Å². The van der Waals surface area contributed by atoms with Gasteiger partial charge in [-0.1, -0.05) is 6.92 Å². The Bertz CT molecular complexity index is 760. The summed E-state index contributed by atoms with van der Waals surface area (Å²) >= 11 is 1.24. The number of ether oxygens (including phenoxy) is 1. The lowest BCUT2D eigenvalue weighted by molar-refractivity contribution is -0.145. The molecule has 1 aliphatic heterocycles. The summed E-state index contributed by atoms with van der Waals surface area (Å²) in [4.78, 5) is 19.0. The number of esters is 1. The first kappa shape index (κ1) is 20.7. The van der Waals surface area contributed by atoms with Crippen molar-refractivity contribution in [2.75, 3.05) is 40.3 Å². The minimum absolute atomic E-state index is 0.168. The molecule has 146 valence electrons. The van der Waals surface area contributed by atoms with E-state index in [-0.39, 0.29) is 24.3 Å². The van der Waals surface area contributed by atoms with Crippen LogP contribution in [0.3, 0.4) is 0 Å². The summed E-state index contributed by atoms with van der Waals surface area (Å²) in [5.74, 6) is 0.421. The van der Waals surface area contributed by atoms with Crippen LogP contribution in [-0.4, -0.2) is 65.6 Å². The van der Waals surface area contributed by atoms with Crippen LogP contribution in [0.25, 0.3) is 0 Å². The molecule has 1 saturated heterocycles. The minimum Gasteiger partial charge on any atom is -0.469 e. The first-order valence-electron chi connectivity index (χ1n) is 8.38. The minimum atomic E-state index is -3.48. The molecule has 2 N–H and O–H groups in total. The highest BCUT2D eigenvalue weighted by atomic mass is 32.2. The first-order chi connectivity index (χ1) is 12.3. The Hall–Kier alpha value is -1.65. The van der Waals surface area contributed by atoms with Crippen molar-refractivity contribution in [3.8, 4) is 0 Å². The van der Waals surface area contributed by atoms with E-state index < -0.39 is 10.0 Å². The molecule has 2 rings (SSSR count). The molecule has 0 aromatic carbocycles. The van der Waals surface area contributed by atoms with Gasteiger partial charge in [0.1, 0.15) is 4.21 Å². The van der Waals surface area contributed by atoms with E-state index in [1.54, 1.807) is 19.2 Å². The summed E-state index contributed by atoms with van der Waals surface area (Å²) < 4.78 is 32.1. The SMILES string of the molecule is CN=C(NCCNS(=O)(=O)c1ccc(C)s1)N1CC(C)C(C(=O)OC)C1. The molecule has 1 aromatic rings. The van der Waals surface area contributed by atoms with Crippen molar-refractivity contribution < 1.29 is 17.9 Å². The van der Waals surface area contributed by atoms with E-state index in [0.717, 1.165) is 4.88 Å². The van der Waals surface area contributed by atoms with E-state index in [2.05, 4.69) is 15.0 Å². The number of guanidine groups is 1. The summed E-state index contributed by atoms with van der Waals surface area (Å²) in [6, 6.07) is 3.39. The Labute approximate surface area is 158 Å². The van der Waals surface area contributed by atoms with Crippen LogP contribution in [0, 0.1) is 18.8 Å². The highest BCUT2D eigenvalue weighted by molar-refractivity contribution is 7.91. The fourth-order valence-electron chi connectivity index (χ4n) is 2.92. The summed E-state index contributed by atoms with van der Waals surface area (Å²) in [5, 5.41) is 3.14. The van der Waals surface area contributed by atoms with Crippen LogP contribution in [0.15, 0.2) is 21.3 Å². The van der Waals surface area contributed by atoms with Crippen LogP contribution in [0.1, 0.15) is 11.8 Å². The highest BCUT2D eigenvalue weighted by Gasteiger charge is 2.36. The maximum atomic E-state index is 12.2. The average molecular weight is 403 g/mol. The monoisotopic (exact) mass is 402 g/mol. The number of hydrogen-bond donors (Lipinski definition) is 2. The molecule has 2 unspecified atom stereocenters. The van der Waals surface area contributed by atoms with E-state index in [4.69, 9.17) is 4.74 Å². The largest absolute Gasteiger partial charge is 0.469 e. The van der Waals surface area contributed by atoms with Crippen molar-refractivity contribution in [2.45, 2.75) is 18.1 Å². The van der Waals surface area contributed by atoms with Gasteiger partial charge >= 0.3 is 5.97 Å². The molecule has 0 amide bonds.